The molecule has 87 heavy (non-hydrogen) atoms. The van der Waals surface area contributed by atoms with Crippen LogP contribution in [-0.4, -0.2) is 118 Å². The molecule has 4 atom stereocenters. The monoisotopic (exact) mass is 1180 g/mol. The number of hydrogen-bond acceptors (Lipinski definition) is 10. The van der Waals surface area contributed by atoms with E-state index >= 15 is 0 Å². The summed E-state index contributed by atoms with van der Waals surface area (Å²) in [5.74, 6) is -1.67. The maximum absolute atomic E-state index is 14.2. The van der Waals surface area contributed by atoms with Crippen molar-refractivity contribution in [2.75, 3.05) is 20.6 Å². The third-order valence-electron chi connectivity index (χ3n) is 14.4. The van der Waals surface area contributed by atoms with Crippen molar-refractivity contribution in [1.82, 2.24) is 36.1 Å². The molecular weight excluding hydrogens is 1100 g/mol. The van der Waals surface area contributed by atoms with Crippen molar-refractivity contribution in [2.45, 2.75) is 129 Å². The molecule has 1 fully saturated rings. The van der Waals surface area contributed by atoms with Gasteiger partial charge in [-0.15, -0.1) is 0 Å². The van der Waals surface area contributed by atoms with Crippen molar-refractivity contribution < 1.29 is 48.1 Å². The molecule has 6 amide bonds. The fraction of sp³-hybridized carbons (Fsp3) is 0.343. The molecule has 0 unspecified atom stereocenters. The van der Waals surface area contributed by atoms with Gasteiger partial charge in [-0.25, -0.2) is 14.4 Å². The number of aliphatic carboxylic acids is 1. The van der Waals surface area contributed by atoms with E-state index < -0.39 is 53.5 Å². The molecular formula is C70H81N7O10. The SMILES string of the molecule is CC(C)(C)OC(=O)N[C@@H](Cc1ccc2ccccc2c1)C(=O)O.CNC(=O)[C@H](Cc1ccc2ccccc2c1)N1CCC(=O)N(Cc2cnc3ccccc3c2)[C@@H](CC(C)C)C1=O.CNC(=O)[C@H](Cc1ccc2ccccc2c1)NC(=O)OC(C)(C)C. The van der Waals surface area contributed by atoms with Gasteiger partial charge in [0.25, 0.3) is 0 Å². The molecule has 2 heterocycles. The van der Waals surface area contributed by atoms with Crippen LogP contribution in [-0.2, 0) is 59.3 Å². The lowest BCUT2D eigenvalue weighted by molar-refractivity contribution is -0.146. The Morgan fingerprint density at radius 3 is 1.45 bits per heavy atom. The zero-order valence-corrected chi connectivity index (χ0v) is 51.4. The highest BCUT2D eigenvalue weighted by molar-refractivity contribution is 5.95. The van der Waals surface area contributed by atoms with Crippen LogP contribution in [0.3, 0.4) is 0 Å². The zero-order valence-electron chi connectivity index (χ0n) is 51.4. The van der Waals surface area contributed by atoms with E-state index in [-0.39, 0.29) is 48.9 Å². The zero-order chi connectivity index (χ0) is 63.0. The highest BCUT2D eigenvalue weighted by Crippen LogP contribution is 2.27. The lowest BCUT2D eigenvalue weighted by atomic mass is 9.97. The molecule has 9 rings (SSSR count). The van der Waals surface area contributed by atoms with E-state index in [0.717, 1.165) is 65.5 Å². The molecule has 0 bridgehead atoms. The Kier molecular flexibility index (Phi) is 22.2. The molecule has 0 spiro atoms. The summed E-state index contributed by atoms with van der Waals surface area (Å²) in [4.78, 5) is 96.2. The molecule has 0 saturated carbocycles. The van der Waals surface area contributed by atoms with Gasteiger partial charge in [0, 0.05) is 64.5 Å². The first kappa shape index (κ1) is 65.2. The lowest BCUT2D eigenvalue weighted by Crippen LogP contribution is -2.54. The number of pyridine rings is 1. The second-order valence-electron chi connectivity index (χ2n) is 24.1. The van der Waals surface area contributed by atoms with Gasteiger partial charge in [0.1, 0.15) is 35.4 Å². The summed E-state index contributed by atoms with van der Waals surface area (Å²) in [6, 6.07) is 48.6. The van der Waals surface area contributed by atoms with Crippen molar-refractivity contribution in [3.63, 3.8) is 0 Å². The van der Waals surface area contributed by atoms with Crippen LogP contribution in [0, 0.1) is 5.92 Å². The average Bonchev–Trinajstić information content (AvgIpc) is 2.27. The Morgan fingerprint density at radius 1 is 0.563 bits per heavy atom. The Balaban J connectivity index is 0.000000199. The number of nitrogens with one attached hydrogen (secondary N) is 4. The molecule has 8 aromatic rings. The molecule has 456 valence electrons. The summed E-state index contributed by atoms with van der Waals surface area (Å²) >= 11 is 0. The molecule has 1 aliphatic rings. The van der Waals surface area contributed by atoms with E-state index in [1.54, 1.807) is 71.6 Å². The number of nitrogens with zero attached hydrogens (tertiary/aromatic N) is 3. The second-order valence-corrected chi connectivity index (χ2v) is 24.1. The van der Waals surface area contributed by atoms with Crippen molar-refractivity contribution in [1.29, 1.82) is 0 Å². The summed E-state index contributed by atoms with van der Waals surface area (Å²) < 4.78 is 10.4. The number of carboxylic acids is 1. The molecule has 0 radical (unpaired) electrons. The Labute approximate surface area is 509 Å². The predicted octanol–water partition coefficient (Wildman–Crippen LogP) is 11.1. The summed E-state index contributed by atoms with van der Waals surface area (Å²) in [5, 5.41) is 27.3. The number of para-hydroxylation sites is 1. The van der Waals surface area contributed by atoms with Gasteiger partial charge in [-0.3, -0.25) is 24.2 Å². The van der Waals surface area contributed by atoms with E-state index in [9.17, 15) is 38.7 Å². The topological polar surface area (TPSA) is 226 Å². The number of rotatable bonds is 16. The summed E-state index contributed by atoms with van der Waals surface area (Å²) in [6.07, 6.45) is 2.08. The number of carboxylic acid groups (broad SMARTS) is 1. The standard InChI is InChI=1S/C33H36N4O3.C19H24N2O3.C18H21NO4/c1-22(2)16-30-33(40)36(29(32(39)34-3)19-23-12-13-25-8-4-5-9-26(25)17-23)15-14-31(38)37(30)21-24-18-27-10-6-7-11-28(27)35-20-24;1-19(2,3)24-18(23)21-16(17(22)20-4)12-13-9-10-14-7-5-6-8-15(14)11-13;1-18(2,3)23-17(22)19-15(16(20)21)11-12-8-9-13-6-4-5-7-14(13)10-12/h4-13,17-18,20,22,29-30H,14-16,19,21H2,1-3H3,(H,34,39);5-11,16H,12H2,1-4H3,(H,20,22)(H,21,23);4-10,15H,11H2,1-3H3,(H,19,22)(H,20,21)/t29-,30-;16-;15-/m000/s1. The smallest absolute Gasteiger partial charge is 0.408 e. The molecule has 17 nitrogen and oxygen atoms in total. The van der Waals surface area contributed by atoms with E-state index in [0.29, 0.717) is 25.8 Å². The van der Waals surface area contributed by atoms with Crippen molar-refractivity contribution in [2.24, 2.45) is 5.92 Å². The molecule has 7 aromatic carbocycles. The van der Waals surface area contributed by atoms with Crippen LogP contribution in [0.1, 0.15) is 90.5 Å². The number of hydrogen-bond donors (Lipinski definition) is 5. The number of ether oxygens (including phenoxy) is 2. The van der Waals surface area contributed by atoms with Crippen LogP contribution in [0.5, 0.6) is 0 Å². The van der Waals surface area contributed by atoms with Gasteiger partial charge in [-0.2, -0.15) is 0 Å². The maximum atomic E-state index is 14.2. The molecule has 1 aliphatic heterocycles. The van der Waals surface area contributed by atoms with Crippen molar-refractivity contribution in [3.8, 4) is 0 Å². The highest BCUT2D eigenvalue weighted by Gasteiger charge is 2.41. The third kappa shape index (κ3) is 19.1. The van der Waals surface area contributed by atoms with Gasteiger partial charge in [0.2, 0.25) is 23.6 Å². The van der Waals surface area contributed by atoms with Crippen LogP contribution >= 0.6 is 0 Å². The van der Waals surface area contributed by atoms with Crippen LogP contribution in [0.25, 0.3) is 43.2 Å². The summed E-state index contributed by atoms with van der Waals surface area (Å²) in [6.45, 7) is 15.1. The molecule has 1 aromatic heterocycles. The number of alkyl carbamates (subject to hydrolysis) is 2. The predicted molar refractivity (Wildman–Crippen MR) is 341 cm³/mol. The molecule has 1 saturated heterocycles. The first-order valence-electron chi connectivity index (χ1n) is 29.4. The normalized spacial score (nSPS) is 14.6. The van der Waals surface area contributed by atoms with E-state index in [2.05, 4.69) is 38.4 Å². The van der Waals surface area contributed by atoms with E-state index in [4.69, 9.17) is 9.47 Å². The minimum atomic E-state index is -1.09. The molecule has 5 N–H and O–H groups in total. The first-order chi connectivity index (χ1) is 41.4. The van der Waals surface area contributed by atoms with Crippen molar-refractivity contribution in [3.05, 3.63) is 186 Å². The fourth-order valence-corrected chi connectivity index (χ4v) is 10.3. The quantitative estimate of drug-likeness (QED) is 0.0612. The number of carbonyl (C=O) groups is 7. The third-order valence-corrected chi connectivity index (χ3v) is 14.4. The van der Waals surface area contributed by atoms with Gasteiger partial charge in [-0.05, 0) is 121 Å². The van der Waals surface area contributed by atoms with E-state index in [1.807, 2.05) is 159 Å². The van der Waals surface area contributed by atoms with E-state index in [1.165, 1.54) is 0 Å². The van der Waals surface area contributed by atoms with Gasteiger partial charge in [0.05, 0.1) is 5.52 Å². The highest BCUT2D eigenvalue weighted by atomic mass is 16.6. The summed E-state index contributed by atoms with van der Waals surface area (Å²) in [7, 11) is 3.14. The minimum absolute atomic E-state index is 0.0870. The number of fused-ring (bicyclic) bond motifs is 4. The second kappa shape index (κ2) is 29.6. The van der Waals surface area contributed by atoms with Crippen LogP contribution in [0.2, 0.25) is 0 Å². The number of amides is 6. The lowest BCUT2D eigenvalue weighted by Gasteiger charge is -2.35. The molecule has 17 heteroatoms. The van der Waals surface area contributed by atoms with Crippen LogP contribution in [0.15, 0.2) is 164 Å². The largest absolute Gasteiger partial charge is 0.480 e. The van der Waals surface area contributed by atoms with Crippen LogP contribution in [0.4, 0.5) is 9.59 Å². The number of likely N-dealkylation sites (N-methyl/N-ethyl adjacent to an activating group) is 2. The first-order valence-corrected chi connectivity index (χ1v) is 29.4. The molecule has 0 aliphatic carbocycles. The summed E-state index contributed by atoms with van der Waals surface area (Å²) in [5.41, 5.74) is 3.26. The average molecular weight is 1180 g/mol. The van der Waals surface area contributed by atoms with Gasteiger partial charge >= 0.3 is 18.2 Å². The van der Waals surface area contributed by atoms with Crippen molar-refractivity contribution >= 4 is 85.0 Å². The number of carbonyl (C=O) groups excluding carboxylic acids is 6. The number of aromatic nitrogens is 1. The van der Waals surface area contributed by atoms with Gasteiger partial charge in [-0.1, -0.05) is 159 Å². The van der Waals surface area contributed by atoms with Gasteiger partial charge in [0.15, 0.2) is 0 Å². The Bertz CT molecular complexity index is 3740. The maximum Gasteiger partial charge on any atom is 0.408 e. The minimum Gasteiger partial charge on any atom is -0.480 e. The number of benzene rings is 7. The van der Waals surface area contributed by atoms with Crippen LogP contribution < -0.4 is 21.3 Å². The van der Waals surface area contributed by atoms with Gasteiger partial charge < -0.3 is 45.6 Å². The Morgan fingerprint density at radius 2 is 0.989 bits per heavy atom. The fourth-order valence-electron chi connectivity index (χ4n) is 10.3. The Hall–Kier alpha value is -9.38.